The highest BCUT2D eigenvalue weighted by Crippen LogP contribution is 2.30. The molecule has 8 nitrogen and oxygen atoms in total. The van der Waals surface area contributed by atoms with Crippen LogP contribution in [-0.2, 0) is 28.4 Å². The molecule has 25 heavy (non-hydrogen) atoms. The van der Waals surface area contributed by atoms with Crippen molar-refractivity contribution >= 4 is 9.05 Å². The summed E-state index contributed by atoms with van der Waals surface area (Å²) in [5.41, 5.74) is 0. The van der Waals surface area contributed by atoms with E-state index in [9.17, 15) is 0 Å². The quantitative estimate of drug-likeness (QED) is 0.199. The Labute approximate surface area is 150 Å². The SMILES string of the molecule is CCCCOc1ccccc1O[Si](OOCC)(OOCC)OOCC. The van der Waals surface area contributed by atoms with Crippen molar-refractivity contribution in [2.45, 2.75) is 40.5 Å². The third-order valence-corrected chi connectivity index (χ3v) is 4.11. The summed E-state index contributed by atoms with van der Waals surface area (Å²) in [6, 6.07) is 7.13. The average molecular weight is 376 g/mol. The Balaban J connectivity index is 2.96. The molecule has 144 valence electrons. The maximum atomic E-state index is 5.84. The minimum atomic E-state index is -3.92. The van der Waals surface area contributed by atoms with Gasteiger partial charge in [-0.05, 0) is 39.3 Å². The zero-order valence-corrected chi connectivity index (χ0v) is 16.3. The van der Waals surface area contributed by atoms with Crippen LogP contribution in [0.15, 0.2) is 24.3 Å². The van der Waals surface area contributed by atoms with Crippen molar-refractivity contribution in [1.29, 1.82) is 0 Å². The van der Waals surface area contributed by atoms with E-state index in [0.29, 0.717) is 18.1 Å². The second-order valence-corrected chi connectivity index (χ2v) is 6.42. The monoisotopic (exact) mass is 376 g/mol. The number of hydrogen-bond donors (Lipinski definition) is 0. The van der Waals surface area contributed by atoms with Crippen LogP contribution in [0.25, 0.3) is 0 Å². The molecule has 0 heterocycles. The van der Waals surface area contributed by atoms with Crippen LogP contribution in [0.4, 0.5) is 0 Å². The molecule has 9 heteroatoms. The first kappa shape index (κ1) is 21.8. The predicted molar refractivity (Wildman–Crippen MR) is 91.4 cm³/mol. The van der Waals surface area contributed by atoms with Crippen molar-refractivity contribution < 1.29 is 37.6 Å². The summed E-state index contributed by atoms with van der Waals surface area (Å²) in [5, 5.41) is 0. The van der Waals surface area contributed by atoms with Gasteiger partial charge in [0.15, 0.2) is 11.5 Å². The average Bonchev–Trinajstić information content (AvgIpc) is 2.64. The minimum absolute atomic E-state index is 0.262. The van der Waals surface area contributed by atoms with E-state index in [1.165, 1.54) is 0 Å². The molecule has 0 amide bonds. The van der Waals surface area contributed by atoms with Crippen molar-refractivity contribution in [3.8, 4) is 11.5 Å². The summed E-state index contributed by atoms with van der Waals surface area (Å²) in [7, 11) is -3.92. The molecule has 0 radical (unpaired) electrons. The van der Waals surface area contributed by atoms with Gasteiger partial charge in [0.1, 0.15) is 0 Å². The molecule has 0 atom stereocenters. The summed E-state index contributed by atoms with van der Waals surface area (Å²) in [6.45, 7) is 8.70. The van der Waals surface area contributed by atoms with E-state index in [0.717, 1.165) is 12.8 Å². The summed E-state index contributed by atoms with van der Waals surface area (Å²) >= 11 is 0. The third kappa shape index (κ3) is 8.14. The zero-order valence-electron chi connectivity index (χ0n) is 15.3. The van der Waals surface area contributed by atoms with E-state index < -0.39 is 9.05 Å². The normalized spacial score (nSPS) is 11.5. The Kier molecular flexibility index (Phi) is 11.4. The van der Waals surface area contributed by atoms with Gasteiger partial charge in [-0.2, -0.15) is 13.7 Å². The van der Waals surface area contributed by atoms with Crippen LogP contribution in [0, 0.1) is 0 Å². The summed E-state index contributed by atoms with van der Waals surface area (Å²) < 4.78 is 27.3. The molecule has 0 bridgehead atoms. The topological polar surface area (TPSA) is 73.8 Å². The van der Waals surface area contributed by atoms with Crippen molar-refractivity contribution in [3.05, 3.63) is 24.3 Å². The van der Waals surface area contributed by atoms with E-state index in [1.807, 2.05) is 6.07 Å². The number of ether oxygens (including phenoxy) is 1. The minimum Gasteiger partial charge on any atom is -0.490 e. The Hall–Kier alpha value is -1.20. The highest BCUT2D eigenvalue weighted by molar-refractivity contribution is 6.53. The molecule has 0 saturated heterocycles. The molecule has 0 saturated carbocycles. The van der Waals surface area contributed by atoms with Gasteiger partial charge in [-0.15, -0.1) is 0 Å². The van der Waals surface area contributed by atoms with Crippen molar-refractivity contribution in [1.82, 2.24) is 0 Å². The summed E-state index contributed by atoms with van der Waals surface area (Å²) in [4.78, 5) is 15.0. The molecule has 0 aromatic heterocycles. The predicted octanol–water partition coefficient (Wildman–Crippen LogP) is 3.58. The van der Waals surface area contributed by atoms with Gasteiger partial charge in [0.2, 0.25) is 0 Å². The highest BCUT2D eigenvalue weighted by atomic mass is 28.4. The first-order valence-corrected chi connectivity index (χ1v) is 10.2. The lowest BCUT2D eigenvalue weighted by atomic mass is 10.3. The number of rotatable bonds is 15. The molecule has 0 aliphatic heterocycles. The van der Waals surface area contributed by atoms with Gasteiger partial charge in [-0.1, -0.05) is 25.5 Å². The van der Waals surface area contributed by atoms with Gasteiger partial charge in [-0.25, -0.2) is 14.7 Å². The van der Waals surface area contributed by atoms with Gasteiger partial charge >= 0.3 is 9.05 Å². The van der Waals surface area contributed by atoms with Crippen LogP contribution in [0.2, 0.25) is 0 Å². The van der Waals surface area contributed by atoms with Crippen LogP contribution in [0.3, 0.4) is 0 Å². The summed E-state index contributed by atoms with van der Waals surface area (Å²) in [6.07, 6.45) is 1.95. The lowest BCUT2D eigenvalue weighted by Crippen LogP contribution is -2.52. The van der Waals surface area contributed by atoms with E-state index in [-0.39, 0.29) is 19.8 Å². The van der Waals surface area contributed by atoms with Gasteiger partial charge < -0.3 is 9.16 Å². The number of benzene rings is 1. The Morgan fingerprint density at radius 1 is 0.760 bits per heavy atom. The maximum Gasteiger partial charge on any atom is 0.834 e. The molecular formula is C16H28O8Si. The summed E-state index contributed by atoms with van der Waals surface area (Å²) in [5.74, 6) is 0.914. The molecule has 0 fully saturated rings. The fraction of sp³-hybridized carbons (Fsp3) is 0.625. The van der Waals surface area contributed by atoms with Crippen molar-refractivity contribution in [2.24, 2.45) is 0 Å². The number of para-hydroxylation sites is 2. The van der Waals surface area contributed by atoms with E-state index >= 15 is 0 Å². The van der Waals surface area contributed by atoms with Crippen LogP contribution >= 0.6 is 0 Å². The van der Waals surface area contributed by atoms with E-state index in [2.05, 4.69) is 6.92 Å². The Morgan fingerprint density at radius 2 is 1.28 bits per heavy atom. The number of unbranched alkanes of at least 4 members (excludes halogenated alkanes) is 1. The highest BCUT2D eigenvalue weighted by Gasteiger charge is 2.56. The Morgan fingerprint density at radius 3 is 1.76 bits per heavy atom. The fourth-order valence-corrected chi connectivity index (χ4v) is 3.01. The largest absolute Gasteiger partial charge is 0.834 e. The first-order valence-electron chi connectivity index (χ1n) is 8.54. The molecule has 0 N–H and O–H groups in total. The first-order chi connectivity index (χ1) is 12.2. The van der Waals surface area contributed by atoms with Crippen LogP contribution in [0.5, 0.6) is 11.5 Å². The number of hydrogen-bond acceptors (Lipinski definition) is 8. The Bertz CT molecular complexity index is 438. The molecule has 1 aromatic carbocycles. The van der Waals surface area contributed by atoms with Crippen LogP contribution in [-0.4, -0.2) is 35.5 Å². The second-order valence-electron chi connectivity index (χ2n) is 4.72. The van der Waals surface area contributed by atoms with Gasteiger partial charge in [-0.3, -0.25) is 0 Å². The molecular weight excluding hydrogens is 348 g/mol. The zero-order chi connectivity index (χ0) is 18.4. The van der Waals surface area contributed by atoms with E-state index in [1.54, 1.807) is 39.0 Å². The maximum absolute atomic E-state index is 5.84. The van der Waals surface area contributed by atoms with Crippen molar-refractivity contribution in [3.63, 3.8) is 0 Å². The molecule has 0 aliphatic rings. The molecule has 1 rings (SSSR count). The second kappa shape index (κ2) is 13.1. The third-order valence-electron chi connectivity index (χ3n) is 2.68. The van der Waals surface area contributed by atoms with E-state index in [4.69, 9.17) is 37.6 Å². The van der Waals surface area contributed by atoms with Gasteiger partial charge in [0.05, 0.1) is 26.4 Å². The molecule has 1 aromatic rings. The fourth-order valence-electron chi connectivity index (χ4n) is 1.60. The molecule has 0 spiro atoms. The lowest BCUT2D eigenvalue weighted by molar-refractivity contribution is -0.378. The molecule has 0 unspecified atom stereocenters. The lowest BCUT2D eigenvalue weighted by Gasteiger charge is -2.25. The standard InChI is InChI=1S/C16H28O8Si/c1-5-9-14-17-15-12-10-11-13-16(15)21-25(22-18-6-2,23-19-7-3)24-20-8-4/h10-13H,5-9,14H2,1-4H3. The molecule has 0 aliphatic carbocycles. The van der Waals surface area contributed by atoms with Gasteiger partial charge in [0.25, 0.3) is 0 Å². The van der Waals surface area contributed by atoms with Crippen molar-refractivity contribution in [2.75, 3.05) is 26.4 Å². The van der Waals surface area contributed by atoms with Crippen LogP contribution < -0.4 is 9.16 Å². The van der Waals surface area contributed by atoms with Crippen LogP contribution in [0.1, 0.15) is 40.5 Å². The smallest absolute Gasteiger partial charge is 0.490 e. The van der Waals surface area contributed by atoms with Gasteiger partial charge in [0, 0.05) is 0 Å².